The van der Waals surface area contributed by atoms with Gasteiger partial charge in [-0.25, -0.2) is 12.8 Å². The molecule has 0 unspecified atom stereocenters. The van der Waals surface area contributed by atoms with Gasteiger partial charge in [0.2, 0.25) is 5.88 Å². The van der Waals surface area contributed by atoms with Crippen LogP contribution < -0.4 is 14.2 Å². The SMILES string of the molecule is CCCOc1ccc(-c2cccc(NS(=O)(=O)c3ccc(F)c(OC)c3)c2)nn1. The Bertz CT molecular complexity index is 1090. The normalized spacial score (nSPS) is 11.1. The van der Waals surface area contributed by atoms with Gasteiger partial charge in [0, 0.05) is 23.4 Å². The lowest BCUT2D eigenvalue weighted by atomic mass is 10.1. The van der Waals surface area contributed by atoms with Crippen molar-refractivity contribution in [2.24, 2.45) is 0 Å². The Morgan fingerprint density at radius 2 is 1.90 bits per heavy atom. The number of sulfonamides is 1. The minimum absolute atomic E-state index is 0.113. The van der Waals surface area contributed by atoms with Crippen LogP contribution >= 0.6 is 0 Å². The quantitative estimate of drug-likeness (QED) is 0.598. The lowest BCUT2D eigenvalue weighted by Crippen LogP contribution is -2.13. The zero-order valence-electron chi connectivity index (χ0n) is 15.9. The summed E-state index contributed by atoms with van der Waals surface area (Å²) < 4.78 is 51.6. The lowest BCUT2D eigenvalue weighted by molar-refractivity contribution is 0.302. The third-order valence-corrected chi connectivity index (χ3v) is 5.32. The Morgan fingerprint density at radius 1 is 1.07 bits per heavy atom. The smallest absolute Gasteiger partial charge is 0.262 e. The van der Waals surface area contributed by atoms with Crippen LogP contribution in [0.25, 0.3) is 11.3 Å². The predicted molar refractivity (Wildman–Crippen MR) is 107 cm³/mol. The summed E-state index contributed by atoms with van der Waals surface area (Å²) >= 11 is 0. The van der Waals surface area contributed by atoms with Crippen molar-refractivity contribution in [2.45, 2.75) is 18.2 Å². The number of nitrogens with one attached hydrogen (secondary N) is 1. The first-order valence-corrected chi connectivity index (χ1v) is 10.3. The molecule has 9 heteroatoms. The van der Waals surface area contributed by atoms with E-state index < -0.39 is 15.8 Å². The molecular weight excluding hydrogens is 397 g/mol. The maximum Gasteiger partial charge on any atom is 0.262 e. The van der Waals surface area contributed by atoms with E-state index in [-0.39, 0.29) is 10.6 Å². The molecule has 0 aliphatic carbocycles. The summed E-state index contributed by atoms with van der Waals surface area (Å²) in [5.74, 6) is -0.363. The van der Waals surface area contributed by atoms with Gasteiger partial charge in [0.25, 0.3) is 10.0 Å². The number of halogens is 1. The van der Waals surface area contributed by atoms with E-state index in [1.165, 1.54) is 13.2 Å². The molecule has 3 rings (SSSR count). The molecule has 0 fully saturated rings. The van der Waals surface area contributed by atoms with Gasteiger partial charge in [-0.05, 0) is 36.8 Å². The van der Waals surface area contributed by atoms with Crippen LogP contribution in [0, 0.1) is 5.82 Å². The molecule has 3 aromatic rings. The number of aromatic nitrogens is 2. The minimum atomic E-state index is -3.93. The molecule has 0 aliphatic rings. The second-order valence-electron chi connectivity index (χ2n) is 6.09. The highest BCUT2D eigenvalue weighted by Crippen LogP contribution is 2.26. The number of rotatable bonds is 8. The highest BCUT2D eigenvalue weighted by atomic mass is 32.2. The number of anilines is 1. The molecule has 0 amide bonds. The van der Waals surface area contributed by atoms with Gasteiger partial charge in [0.15, 0.2) is 11.6 Å². The van der Waals surface area contributed by atoms with Gasteiger partial charge in [-0.15, -0.1) is 10.2 Å². The molecule has 1 heterocycles. The topological polar surface area (TPSA) is 90.4 Å². The average molecular weight is 417 g/mol. The largest absolute Gasteiger partial charge is 0.494 e. The van der Waals surface area contributed by atoms with Crippen LogP contribution in [-0.4, -0.2) is 32.3 Å². The Labute approximate surface area is 168 Å². The lowest BCUT2D eigenvalue weighted by Gasteiger charge is -2.11. The number of ether oxygens (including phenoxy) is 2. The van der Waals surface area contributed by atoms with Gasteiger partial charge in [0.1, 0.15) is 0 Å². The van der Waals surface area contributed by atoms with Crippen molar-refractivity contribution in [1.82, 2.24) is 10.2 Å². The summed E-state index contributed by atoms with van der Waals surface area (Å²) in [5.41, 5.74) is 1.58. The van der Waals surface area contributed by atoms with Crippen molar-refractivity contribution in [2.75, 3.05) is 18.4 Å². The van der Waals surface area contributed by atoms with Crippen LogP contribution in [0.2, 0.25) is 0 Å². The van der Waals surface area contributed by atoms with Crippen LogP contribution in [0.4, 0.5) is 10.1 Å². The maximum atomic E-state index is 13.6. The summed E-state index contributed by atoms with van der Waals surface area (Å²) in [6, 6.07) is 13.5. The van der Waals surface area contributed by atoms with Gasteiger partial charge >= 0.3 is 0 Å². The van der Waals surface area contributed by atoms with Gasteiger partial charge in [0.05, 0.1) is 24.3 Å². The highest BCUT2D eigenvalue weighted by molar-refractivity contribution is 7.92. The second kappa shape index (κ2) is 8.87. The summed E-state index contributed by atoms with van der Waals surface area (Å²) in [6.45, 7) is 2.55. The second-order valence-corrected chi connectivity index (χ2v) is 7.77. The van der Waals surface area contributed by atoms with Gasteiger partial charge in [-0.3, -0.25) is 4.72 Å². The molecule has 0 radical (unpaired) electrons. The summed E-state index contributed by atoms with van der Waals surface area (Å²) in [6.07, 6.45) is 0.867. The van der Waals surface area contributed by atoms with E-state index >= 15 is 0 Å². The maximum absolute atomic E-state index is 13.6. The van der Waals surface area contributed by atoms with Gasteiger partial charge < -0.3 is 9.47 Å². The first kappa shape index (κ1) is 20.5. The molecule has 0 saturated heterocycles. The zero-order valence-corrected chi connectivity index (χ0v) is 16.7. The van der Waals surface area contributed by atoms with Crippen LogP contribution in [-0.2, 0) is 10.0 Å². The Balaban J connectivity index is 1.82. The third kappa shape index (κ3) is 5.00. The first-order chi connectivity index (χ1) is 13.9. The van der Waals surface area contributed by atoms with Crippen molar-refractivity contribution in [1.29, 1.82) is 0 Å². The van der Waals surface area contributed by atoms with E-state index in [9.17, 15) is 12.8 Å². The van der Waals surface area contributed by atoms with Crippen molar-refractivity contribution < 1.29 is 22.3 Å². The van der Waals surface area contributed by atoms with Crippen molar-refractivity contribution in [3.05, 3.63) is 60.4 Å². The van der Waals surface area contributed by atoms with Crippen molar-refractivity contribution >= 4 is 15.7 Å². The average Bonchev–Trinajstić information content (AvgIpc) is 2.72. The standard InChI is InChI=1S/C20H20FN3O4S/c1-3-11-28-20-10-9-18(22-23-20)14-5-4-6-15(12-14)24-29(25,26)16-7-8-17(21)19(13-16)27-2/h4-10,12-13,24H,3,11H2,1-2H3. The summed E-state index contributed by atoms with van der Waals surface area (Å²) in [5, 5.41) is 8.13. The van der Waals surface area contributed by atoms with Crippen LogP contribution in [0.15, 0.2) is 59.5 Å². The monoisotopic (exact) mass is 417 g/mol. The summed E-state index contributed by atoms with van der Waals surface area (Å²) in [4.78, 5) is -0.113. The van der Waals surface area contributed by atoms with E-state index in [4.69, 9.17) is 9.47 Å². The molecule has 0 spiro atoms. The Morgan fingerprint density at radius 3 is 2.59 bits per heavy atom. The summed E-state index contributed by atoms with van der Waals surface area (Å²) in [7, 11) is -2.66. The molecule has 29 heavy (non-hydrogen) atoms. The number of hydrogen-bond donors (Lipinski definition) is 1. The number of hydrogen-bond acceptors (Lipinski definition) is 6. The van der Waals surface area contributed by atoms with Gasteiger partial charge in [-0.2, -0.15) is 0 Å². The third-order valence-electron chi connectivity index (χ3n) is 3.94. The zero-order chi connectivity index (χ0) is 20.9. The molecule has 0 saturated carbocycles. The fraction of sp³-hybridized carbons (Fsp3) is 0.200. The Hall–Kier alpha value is -3.20. The minimum Gasteiger partial charge on any atom is -0.494 e. The van der Waals surface area contributed by atoms with E-state index in [0.717, 1.165) is 18.6 Å². The van der Waals surface area contributed by atoms with Crippen LogP contribution in [0.1, 0.15) is 13.3 Å². The molecule has 0 bridgehead atoms. The van der Waals surface area contributed by atoms with Crippen molar-refractivity contribution in [3.8, 4) is 22.9 Å². The molecule has 1 N–H and O–H groups in total. The number of methoxy groups -OCH3 is 1. The number of benzene rings is 2. The molecule has 152 valence electrons. The first-order valence-electron chi connectivity index (χ1n) is 8.86. The molecule has 1 aromatic heterocycles. The van der Waals surface area contributed by atoms with E-state index in [1.54, 1.807) is 36.4 Å². The highest BCUT2D eigenvalue weighted by Gasteiger charge is 2.17. The molecular formula is C20H20FN3O4S. The van der Waals surface area contributed by atoms with Crippen molar-refractivity contribution in [3.63, 3.8) is 0 Å². The number of nitrogens with zero attached hydrogens (tertiary/aromatic N) is 2. The molecule has 7 nitrogen and oxygen atoms in total. The fourth-order valence-corrected chi connectivity index (χ4v) is 3.59. The molecule has 0 aliphatic heterocycles. The predicted octanol–water partition coefficient (Wildman–Crippen LogP) is 3.88. The molecule has 2 aromatic carbocycles. The Kier molecular flexibility index (Phi) is 6.28. The van der Waals surface area contributed by atoms with Crippen LogP contribution in [0.3, 0.4) is 0 Å². The van der Waals surface area contributed by atoms with Crippen LogP contribution in [0.5, 0.6) is 11.6 Å². The van der Waals surface area contributed by atoms with Gasteiger partial charge in [-0.1, -0.05) is 19.1 Å². The molecule has 0 atom stereocenters. The van der Waals surface area contributed by atoms with E-state index in [2.05, 4.69) is 14.9 Å². The van der Waals surface area contributed by atoms with E-state index in [0.29, 0.717) is 29.4 Å². The fourth-order valence-electron chi connectivity index (χ4n) is 2.52. The van der Waals surface area contributed by atoms with E-state index in [1.807, 2.05) is 6.92 Å².